The Bertz CT molecular complexity index is 1030. The van der Waals surface area contributed by atoms with Crippen molar-refractivity contribution in [2.45, 2.75) is 50.1 Å². The number of likely N-dealkylation sites (tertiary alicyclic amines) is 1. The fraction of sp³-hybridized carbons (Fsp3) is 0.400. The number of benzene rings is 2. The predicted octanol–water partition coefficient (Wildman–Crippen LogP) is 4.01. The number of halogens is 2. The molecule has 180 valence electrons. The van der Waals surface area contributed by atoms with Crippen LogP contribution >= 0.6 is 0 Å². The van der Waals surface area contributed by atoms with Gasteiger partial charge >= 0.3 is 12.1 Å². The monoisotopic (exact) mass is 472 g/mol. The van der Waals surface area contributed by atoms with E-state index >= 15 is 0 Å². The van der Waals surface area contributed by atoms with Gasteiger partial charge in [0, 0.05) is 24.9 Å². The minimum atomic E-state index is -2.83. The molecule has 0 bridgehead atoms. The van der Waals surface area contributed by atoms with Crippen LogP contribution in [0.2, 0.25) is 0 Å². The van der Waals surface area contributed by atoms with Crippen molar-refractivity contribution >= 4 is 18.0 Å². The Morgan fingerprint density at radius 2 is 1.68 bits per heavy atom. The molecule has 2 atom stereocenters. The third-order valence-corrected chi connectivity index (χ3v) is 6.42. The van der Waals surface area contributed by atoms with Gasteiger partial charge in [0.25, 0.3) is 0 Å². The molecule has 0 spiro atoms. The van der Waals surface area contributed by atoms with Crippen LogP contribution in [-0.2, 0) is 14.3 Å². The Labute approximate surface area is 195 Å². The number of nitrogens with zero attached hydrogens (tertiary/aromatic N) is 1. The Morgan fingerprint density at radius 1 is 1.06 bits per heavy atom. The largest absolute Gasteiger partial charge is 0.481 e. The third-order valence-electron chi connectivity index (χ3n) is 6.42. The SMILES string of the molecule is O=C(O)C[C@H]1CCCN1C(=O)C(CC(F)F)NC(=O)OCC1c2ccccc2-c2ccccc21. The van der Waals surface area contributed by atoms with Crippen LogP contribution < -0.4 is 5.32 Å². The number of alkyl carbamates (subject to hydrolysis) is 1. The summed E-state index contributed by atoms with van der Waals surface area (Å²) < 4.78 is 31.8. The Kier molecular flexibility index (Phi) is 7.09. The summed E-state index contributed by atoms with van der Waals surface area (Å²) >= 11 is 0. The fourth-order valence-corrected chi connectivity index (χ4v) is 4.92. The van der Waals surface area contributed by atoms with Gasteiger partial charge in [0.05, 0.1) is 6.42 Å². The van der Waals surface area contributed by atoms with Gasteiger partial charge in [-0.2, -0.15) is 0 Å². The highest BCUT2D eigenvalue weighted by Gasteiger charge is 2.37. The van der Waals surface area contributed by atoms with Crippen molar-refractivity contribution in [1.82, 2.24) is 10.2 Å². The average Bonchev–Trinajstić information content (AvgIpc) is 3.38. The molecule has 9 heteroatoms. The van der Waals surface area contributed by atoms with Crippen LogP contribution in [0.5, 0.6) is 0 Å². The van der Waals surface area contributed by atoms with Gasteiger partial charge in [-0.15, -0.1) is 0 Å². The normalized spacial score (nSPS) is 17.9. The minimum absolute atomic E-state index is 0.0131. The maximum Gasteiger partial charge on any atom is 0.407 e. The van der Waals surface area contributed by atoms with Crippen LogP contribution in [0.15, 0.2) is 48.5 Å². The molecule has 2 amide bonds. The van der Waals surface area contributed by atoms with Gasteiger partial charge in [-0.3, -0.25) is 9.59 Å². The van der Waals surface area contributed by atoms with Crippen molar-refractivity contribution in [3.63, 3.8) is 0 Å². The number of alkyl halides is 2. The van der Waals surface area contributed by atoms with Gasteiger partial charge in [-0.05, 0) is 35.1 Å². The molecule has 1 unspecified atom stereocenters. The lowest BCUT2D eigenvalue weighted by Gasteiger charge is -2.28. The zero-order valence-corrected chi connectivity index (χ0v) is 18.5. The van der Waals surface area contributed by atoms with Crippen LogP contribution in [0.4, 0.5) is 13.6 Å². The summed E-state index contributed by atoms with van der Waals surface area (Å²) in [6, 6.07) is 13.5. The van der Waals surface area contributed by atoms with Crippen LogP contribution in [0, 0.1) is 0 Å². The molecule has 1 aliphatic heterocycles. The van der Waals surface area contributed by atoms with Crippen LogP contribution in [-0.4, -0.2) is 59.6 Å². The second kappa shape index (κ2) is 10.2. The van der Waals surface area contributed by atoms with E-state index in [1.54, 1.807) is 0 Å². The number of carboxylic acids is 1. The number of amides is 2. The van der Waals surface area contributed by atoms with Crippen molar-refractivity contribution < 1.29 is 33.0 Å². The topological polar surface area (TPSA) is 95.9 Å². The Hall–Kier alpha value is -3.49. The van der Waals surface area contributed by atoms with Crippen LogP contribution in [0.3, 0.4) is 0 Å². The lowest BCUT2D eigenvalue weighted by atomic mass is 9.98. The Morgan fingerprint density at radius 3 is 2.26 bits per heavy atom. The molecule has 2 aromatic rings. The van der Waals surface area contributed by atoms with Crippen molar-refractivity contribution in [3.05, 3.63) is 59.7 Å². The zero-order valence-electron chi connectivity index (χ0n) is 18.5. The number of aliphatic carboxylic acids is 1. The molecular weight excluding hydrogens is 446 g/mol. The summed E-state index contributed by atoms with van der Waals surface area (Å²) in [5, 5.41) is 11.4. The lowest BCUT2D eigenvalue weighted by molar-refractivity contribution is -0.141. The molecule has 0 saturated carbocycles. The fourth-order valence-electron chi connectivity index (χ4n) is 4.92. The number of fused-ring (bicyclic) bond motifs is 3. The van der Waals surface area contributed by atoms with E-state index in [1.165, 1.54) is 4.90 Å². The van der Waals surface area contributed by atoms with Gasteiger partial charge < -0.3 is 20.1 Å². The smallest absolute Gasteiger partial charge is 0.407 e. The first-order valence-electron chi connectivity index (χ1n) is 11.3. The van der Waals surface area contributed by atoms with Gasteiger partial charge in [0.2, 0.25) is 12.3 Å². The number of hydrogen-bond donors (Lipinski definition) is 2. The molecule has 0 aromatic heterocycles. The highest BCUT2D eigenvalue weighted by molar-refractivity contribution is 5.86. The first kappa shape index (κ1) is 23.7. The van der Waals surface area contributed by atoms with Crippen LogP contribution in [0.25, 0.3) is 11.1 Å². The molecule has 1 fully saturated rings. The summed E-state index contributed by atoms with van der Waals surface area (Å²) in [7, 11) is 0. The second-order valence-corrected chi connectivity index (χ2v) is 8.57. The van der Waals surface area contributed by atoms with Gasteiger partial charge in [-0.1, -0.05) is 48.5 Å². The lowest BCUT2D eigenvalue weighted by Crippen LogP contribution is -2.51. The summed E-state index contributed by atoms with van der Waals surface area (Å²) in [6.07, 6.45) is -3.88. The van der Waals surface area contributed by atoms with Crippen molar-refractivity contribution in [2.24, 2.45) is 0 Å². The summed E-state index contributed by atoms with van der Waals surface area (Å²) in [5.74, 6) is -1.99. The quantitative estimate of drug-likeness (QED) is 0.605. The van der Waals surface area contributed by atoms with Crippen molar-refractivity contribution in [1.29, 1.82) is 0 Å². The van der Waals surface area contributed by atoms with E-state index in [4.69, 9.17) is 9.84 Å². The number of nitrogens with one attached hydrogen (secondary N) is 1. The molecule has 4 rings (SSSR count). The zero-order chi connectivity index (χ0) is 24.2. The maximum atomic E-state index is 13.2. The van der Waals surface area contributed by atoms with E-state index in [2.05, 4.69) is 5.32 Å². The van der Waals surface area contributed by atoms with Crippen LogP contribution in [0.1, 0.15) is 42.7 Å². The summed E-state index contributed by atoms with van der Waals surface area (Å²) in [5.41, 5.74) is 4.11. The summed E-state index contributed by atoms with van der Waals surface area (Å²) in [6.45, 7) is 0.254. The van der Waals surface area contributed by atoms with E-state index in [1.807, 2.05) is 48.5 Å². The number of rotatable bonds is 8. The second-order valence-electron chi connectivity index (χ2n) is 8.57. The molecule has 2 N–H and O–H groups in total. The third kappa shape index (κ3) is 5.03. The highest BCUT2D eigenvalue weighted by atomic mass is 19.3. The van der Waals surface area contributed by atoms with Gasteiger partial charge in [0.15, 0.2) is 0 Å². The number of hydrogen-bond acceptors (Lipinski definition) is 4. The van der Waals surface area contributed by atoms with E-state index in [-0.39, 0.29) is 25.5 Å². The first-order chi connectivity index (χ1) is 16.3. The number of carboxylic acid groups (broad SMARTS) is 1. The van der Waals surface area contributed by atoms with E-state index in [0.717, 1.165) is 22.3 Å². The highest BCUT2D eigenvalue weighted by Crippen LogP contribution is 2.44. The standard InChI is InChI=1S/C25H26F2N2O5/c26-22(27)13-21(24(32)29-11-5-6-15(29)12-23(30)31)28-25(33)34-14-20-18-9-3-1-7-16(18)17-8-2-4-10-19(17)20/h1-4,7-10,15,20-22H,5-6,11-14H2,(H,28,33)(H,30,31)/t15-,21?/m1/s1. The van der Waals surface area contributed by atoms with Gasteiger partial charge in [0.1, 0.15) is 12.6 Å². The predicted molar refractivity (Wildman–Crippen MR) is 120 cm³/mol. The molecule has 2 aliphatic rings. The molecule has 34 heavy (non-hydrogen) atoms. The number of carbonyl (C=O) groups is 3. The van der Waals surface area contributed by atoms with Crippen molar-refractivity contribution in [2.75, 3.05) is 13.2 Å². The van der Waals surface area contributed by atoms with E-state index in [0.29, 0.717) is 12.8 Å². The summed E-state index contributed by atoms with van der Waals surface area (Å²) in [4.78, 5) is 37.8. The van der Waals surface area contributed by atoms with Crippen molar-refractivity contribution in [3.8, 4) is 11.1 Å². The molecule has 2 aromatic carbocycles. The maximum absolute atomic E-state index is 13.2. The van der Waals surface area contributed by atoms with Gasteiger partial charge in [-0.25, -0.2) is 13.6 Å². The molecule has 7 nitrogen and oxygen atoms in total. The first-order valence-corrected chi connectivity index (χ1v) is 11.3. The molecule has 0 radical (unpaired) electrons. The van der Waals surface area contributed by atoms with E-state index < -0.39 is 42.9 Å². The number of carbonyl (C=O) groups excluding carboxylic acids is 2. The Balaban J connectivity index is 1.43. The molecular formula is C25H26F2N2O5. The average molecular weight is 472 g/mol. The number of ether oxygens (including phenoxy) is 1. The molecule has 1 heterocycles. The minimum Gasteiger partial charge on any atom is -0.481 e. The molecule has 1 aliphatic carbocycles. The molecule has 1 saturated heterocycles. The van der Waals surface area contributed by atoms with E-state index in [9.17, 15) is 23.2 Å².